The van der Waals surface area contributed by atoms with Crippen LogP contribution in [-0.2, 0) is 11.3 Å². The highest BCUT2D eigenvalue weighted by atomic mass is 127. The van der Waals surface area contributed by atoms with Crippen LogP contribution in [0, 0.1) is 0 Å². The van der Waals surface area contributed by atoms with Gasteiger partial charge in [-0.3, -0.25) is 4.79 Å². The van der Waals surface area contributed by atoms with E-state index in [0.29, 0.717) is 18.4 Å². The maximum atomic E-state index is 11.1. The summed E-state index contributed by atoms with van der Waals surface area (Å²) in [6.07, 6.45) is 0. The first kappa shape index (κ1) is 21.0. The van der Waals surface area contributed by atoms with Gasteiger partial charge in [-0.2, -0.15) is 0 Å². The minimum Gasteiger partial charge on any atom is -0.370 e. The zero-order valence-electron chi connectivity index (χ0n) is 14.7. The number of anilines is 2. The molecule has 0 heterocycles. The summed E-state index contributed by atoms with van der Waals surface area (Å²) in [5.41, 5.74) is 9.87. The average molecular weight is 452 g/mol. The van der Waals surface area contributed by atoms with Gasteiger partial charge >= 0.3 is 0 Å². The first-order valence-corrected chi connectivity index (χ1v) is 7.97. The monoisotopic (exact) mass is 452 g/mol. The Hall–Kier alpha value is -2.09. The summed E-state index contributed by atoms with van der Waals surface area (Å²) in [5.74, 6) is 0.726. The maximum absolute atomic E-state index is 11.1. The first-order chi connectivity index (χ1) is 11.4. The molecule has 4 N–H and O–H groups in total. The highest BCUT2D eigenvalue weighted by Crippen LogP contribution is 2.18. The number of guanidine groups is 1. The van der Waals surface area contributed by atoms with Crippen LogP contribution >= 0.6 is 24.0 Å². The van der Waals surface area contributed by atoms with Crippen molar-refractivity contribution in [2.24, 2.45) is 10.7 Å². The summed E-state index contributed by atoms with van der Waals surface area (Å²) >= 11 is 0. The van der Waals surface area contributed by atoms with Gasteiger partial charge in [-0.1, -0.05) is 38.1 Å². The minimum atomic E-state index is -0.0955. The number of carbonyl (C=O) groups is 1. The molecule has 0 saturated heterocycles. The van der Waals surface area contributed by atoms with Gasteiger partial charge in [-0.05, 0) is 41.3 Å². The maximum Gasteiger partial charge on any atom is 0.221 e. The Morgan fingerprint density at radius 1 is 1.08 bits per heavy atom. The van der Waals surface area contributed by atoms with Crippen molar-refractivity contribution >= 4 is 47.2 Å². The van der Waals surface area contributed by atoms with E-state index in [1.165, 1.54) is 12.5 Å². The molecule has 0 saturated carbocycles. The van der Waals surface area contributed by atoms with Crippen LogP contribution in [0.1, 0.15) is 37.8 Å². The van der Waals surface area contributed by atoms with Gasteiger partial charge in [0.25, 0.3) is 0 Å². The second kappa shape index (κ2) is 10.0. The largest absolute Gasteiger partial charge is 0.370 e. The zero-order valence-corrected chi connectivity index (χ0v) is 17.1. The van der Waals surface area contributed by atoms with Crippen LogP contribution in [0.5, 0.6) is 0 Å². The lowest BCUT2D eigenvalue weighted by Gasteiger charge is -2.10. The third kappa shape index (κ3) is 7.13. The predicted octanol–water partition coefficient (Wildman–Crippen LogP) is 4.31. The lowest BCUT2D eigenvalue weighted by molar-refractivity contribution is -0.114. The van der Waals surface area contributed by atoms with E-state index < -0.39 is 0 Å². The standard InChI is InChI=1S/C19H24N4O.HI/c1-13(2)16-7-5-9-18(11-16)23-19(20)21-12-15-6-4-8-17(10-15)22-14(3)24;/h4-11,13H,12H2,1-3H3,(H,22,24)(H3,20,21,23);1H. The fourth-order valence-electron chi connectivity index (χ4n) is 2.29. The van der Waals surface area contributed by atoms with E-state index >= 15 is 0 Å². The van der Waals surface area contributed by atoms with Gasteiger partial charge in [-0.25, -0.2) is 4.99 Å². The first-order valence-electron chi connectivity index (χ1n) is 7.97. The second-order valence-corrected chi connectivity index (χ2v) is 5.99. The van der Waals surface area contributed by atoms with Crippen molar-refractivity contribution in [1.29, 1.82) is 0 Å². The van der Waals surface area contributed by atoms with Crippen LogP contribution in [0.4, 0.5) is 11.4 Å². The van der Waals surface area contributed by atoms with E-state index in [1.807, 2.05) is 36.4 Å². The van der Waals surface area contributed by atoms with Gasteiger partial charge in [0.1, 0.15) is 0 Å². The molecule has 0 aliphatic heterocycles. The molecule has 0 bridgehead atoms. The van der Waals surface area contributed by atoms with Crippen molar-refractivity contribution in [3.05, 3.63) is 59.7 Å². The van der Waals surface area contributed by atoms with E-state index in [-0.39, 0.29) is 29.9 Å². The molecule has 1 amide bonds. The summed E-state index contributed by atoms with van der Waals surface area (Å²) < 4.78 is 0. The third-order valence-corrected chi connectivity index (χ3v) is 3.51. The lowest BCUT2D eigenvalue weighted by atomic mass is 10.0. The quantitative estimate of drug-likeness (QED) is 0.359. The molecule has 0 aliphatic rings. The molecule has 0 aliphatic carbocycles. The van der Waals surface area contributed by atoms with E-state index in [4.69, 9.17) is 5.73 Å². The topological polar surface area (TPSA) is 79.5 Å². The Labute approximate surface area is 166 Å². The van der Waals surface area contributed by atoms with Crippen molar-refractivity contribution in [3.63, 3.8) is 0 Å². The van der Waals surface area contributed by atoms with Gasteiger partial charge in [-0.15, -0.1) is 24.0 Å². The number of hydrogen-bond donors (Lipinski definition) is 3. The molecular formula is C19H25IN4O. The van der Waals surface area contributed by atoms with Crippen LogP contribution in [-0.4, -0.2) is 11.9 Å². The molecule has 6 heteroatoms. The third-order valence-electron chi connectivity index (χ3n) is 3.51. The molecule has 134 valence electrons. The number of halogens is 1. The molecule has 0 spiro atoms. The molecule has 0 radical (unpaired) electrons. The molecule has 5 nitrogen and oxygen atoms in total. The van der Waals surface area contributed by atoms with Crippen LogP contribution in [0.15, 0.2) is 53.5 Å². The number of nitrogens with one attached hydrogen (secondary N) is 2. The molecule has 25 heavy (non-hydrogen) atoms. The Morgan fingerprint density at radius 2 is 1.72 bits per heavy atom. The molecule has 0 unspecified atom stereocenters. The molecule has 0 fully saturated rings. The molecular weight excluding hydrogens is 427 g/mol. The van der Waals surface area contributed by atoms with Gasteiger partial charge < -0.3 is 16.4 Å². The number of benzene rings is 2. The van der Waals surface area contributed by atoms with Crippen LogP contribution < -0.4 is 16.4 Å². The van der Waals surface area contributed by atoms with Crippen molar-refractivity contribution < 1.29 is 4.79 Å². The van der Waals surface area contributed by atoms with E-state index in [9.17, 15) is 4.79 Å². The average Bonchev–Trinajstić information content (AvgIpc) is 2.53. The van der Waals surface area contributed by atoms with Gasteiger partial charge in [0.15, 0.2) is 5.96 Å². The van der Waals surface area contributed by atoms with Crippen molar-refractivity contribution in [2.45, 2.75) is 33.2 Å². The zero-order chi connectivity index (χ0) is 17.5. The van der Waals surface area contributed by atoms with Crippen LogP contribution in [0.2, 0.25) is 0 Å². The highest BCUT2D eigenvalue weighted by Gasteiger charge is 2.02. The normalized spacial score (nSPS) is 11.0. The van der Waals surface area contributed by atoms with Crippen molar-refractivity contribution in [3.8, 4) is 0 Å². The van der Waals surface area contributed by atoms with Crippen LogP contribution in [0.25, 0.3) is 0 Å². The highest BCUT2D eigenvalue weighted by molar-refractivity contribution is 14.0. The summed E-state index contributed by atoms with van der Waals surface area (Å²) in [6, 6.07) is 15.7. The van der Waals surface area contributed by atoms with E-state index in [2.05, 4.69) is 41.6 Å². The van der Waals surface area contributed by atoms with Crippen molar-refractivity contribution in [1.82, 2.24) is 0 Å². The molecule has 2 aromatic rings. The number of amides is 1. The second-order valence-electron chi connectivity index (χ2n) is 5.99. The molecule has 2 rings (SSSR count). The van der Waals surface area contributed by atoms with Crippen LogP contribution in [0.3, 0.4) is 0 Å². The Balaban J connectivity index is 0.00000312. The fourth-order valence-corrected chi connectivity index (χ4v) is 2.29. The van der Waals surface area contributed by atoms with Crippen molar-refractivity contribution in [2.75, 3.05) is 10.6 Å². The summed E-state index contributed by atoms with van der Waals surface area (Å²) in [7, 11) is 0. The molecule has 0 aromatic heterocycles. The Bertz CT molecular complexity index is 744. The summed E-state index contributed by atoms with van der Waals surface area (Å²) in [6.45, 7) is 6.23. The number of rotatable bonds is 5. The van der Waals surface area contributed by atoms with E-state index in [0.717, 1.165) is 16.9 Å². The Morgan fingerprint density at radius 3 is 2.36 bits per heavy atom. The smallest absolute Gasteiger partial charge is 0.221 e. The van der Waals surface area contributed by atoms with Gasteiger partial charge in [0.2, 0.25) is 5.91 Å². The predicted molar refractivity (Wildman–Crippen MR) is 116 cm³/mol. The summed E-state index contributed by atoms with van der Waals surface area (Å²) in [4.78, 5) is 15.5. The number of carbonyl (C=O) groups excluding carboxylic acids is 1. The Kier molecular flexibility index (Phi) is 8.40. The lowest BCUT2D eigenvalue weighted by Crippen LogP contribution is -2.22. The SMILES string of the molecule is CC(=O)Nc1cccc(CN=C(N)Nc2cccc(C(C)C)c2)c1.I. The number of aliphatic imine (C=N–C) groups is 1. The van der Waals surface area contributed by atoms with Gasteiger partial charge in [0.05, 0.1) is 6.54 Å². The summed E-state index contributed by atoms with van der Waals surface area (Å²) in [5, 5.41) is 5.87. The van der Waals surface area contributed by atoms with Gasteiger partial charge in [0, 0.05) is 18.3 Å². The number of nitrogens with two attached hydrogens (primary N) is 1. The number of hydrogen-bond acceptors (Lipinski definition) is 2. The van der Waals surface area contributed by atoms with E-state index in [1.54, 1.807) is 0 Å². The molecule has 2 aromatic carbocycles. The number of nitrogens with zero attached hydrogens (tertiary/aromatic N) is 1. The molecule has 0 atom stereocenters. The minimum absolute atomic E-state index is 0. The fraction of sp³-hybridized carbons (Fsp3) is 0.263.